The van der Waals surface area contributed by atoms with E-state index < -0.39 is 0 Å². The van der Waals surface area contributed by atoms with Crippen LogP contribution in [0.15, 0.2) is 18.3 Å². The summed E-state index contributed by atoms with van der Waals surface area (Å²) < 4.78 is 5.17. The van der Waals surface area contributed by atoms with E-state index in [2.05, 4.69) is 4.98 Å². The summed E-state index contributed by atoms with van der Waals surface area (Å²) in [4.78, 5) is 16.4. The Hall–Kier alpha value is -1.29. The van der Waals surface area contributed by atoms with Crippen molar-refractivity contribution in [2.24, 2.45) is 0 Å². The van der Waals surface area contributed by atoms with Crippen LogP contribution in [0, 0.1) is 0 Å². The highest BCUT2D eigenvalue weighted by Crippen LogP contribution is 2.11. The molecule has 0 saturated heterocycles. The molecule has 0 spiro atoms. The number of hydrogen-bond acceptors (Lipinski definition) is 3. The Balaban J connectivity index is 2.46. The standard InChI is InChI=1S/C9H11ClN2O2/c1-12(2)9(13)6-14-7-3-4-8(10)11-5-7/h3-5H,6H2,1-2H3. The lowest BCUT2D eigenvalue weighted by Gasteiger charge is -2.10. The SMILES string of the molecule is CN(C)C(=O)COc1ccc(Cl)nc1. The number of carbonyl (C=O) groups is 1. The van der Waals surface area contributed by atoms with E-state index in [1.807, 2.05) is 0 Å². The predicted octanol–water partition coefficient (Wildman–Crippen LogP) is 1.20. The smallest absolute Gasteiger partial charge is 0.259 e. The van der Waals surface area contributed by atoms with Crippen molar-refractivity contribution < 1.29 is 9.53 Å². The summed E-state index contributed by atoms with van der Waals surface area (Å²) in [5, 5.41) is 0.399. The van der Waals surface area contributed by atoms with Crippen LogP contribution < -0.4 is 4.74 Å². The summed E-state index contributed by atoms with van der Waals surface area (Å²) >= 11 is 5.58. The minimum absolute atomic E-state index is 0.0102. The Morgan fingerprint density at radius 2 is 2.29 bits per heavy atom. The van der Waals surface area contributed by atoms with Crippen molar-refractivity contribution in [1.82, 2.24) is 9.88 Å². The number of pyridine rings is 1. The van der Waals surface area contributed by atoms with Crippen LogP contribution in [0.4, 0.5) is 0 Å². The van der Waals surface area contributed by atoms with E-state index in [4.69, 9.17) is 16.3 Å². The molecule has 0 aliphatic rings. The number of nitrogens with zero attached hydrogens (tertiary/aromatic N) is 2. The van der Waals surface area contributed by atoms with Gasteiger partial charge in [-0.1, -0.05) is 11.6 Å². The largest absolute Gasteiger partial charge is 0.482 e. The molecule has 0 aliphatic heterocycles. The van der Waals surface area contributed by atoms with E-state index in [0.29, 0.717) is 10.9 Å². The van der Waals surface area contributed by atoms with Gasteiger partial charge >= 0.3 is 0 Å². The van der Waals surface area contributed by atoms with Gasteiger partial charge in [-0.2, -0.15) is 0 Å². The van der Waals surface area contributed by atoms with Crippen LogP contribution in [0.25, 0.3) is 0 Å². The Bertz CT molecular complexity index is 311. The first-order valence-corrected chi connectivity index (χ1v) is 4.42. The second-order valence-electron chi connectivity index (χ2n) is 2.89. The molecule has 0 aromatic carbocycles. The molecule has 1 rings (SSSR count). The van der Waals surface area contributed by atoms with Crippen molar-refractivity contribution in [3.63, 3.8) is 0 Å². The van der Waals surface area contributed by atoms with Gasteiger partial charge in [0.1, 0.15) is 10.9 Å². The van der Waals surface area contributed by atoms with Gasteiger partial charge in [0.2, 0.25) is 0 Å². The van der Waals surface area contributed by atoms with Crippen LogP contribution in [-0.2, 0) is 4.79 Å². The minimum atomic E-state index is -0.0973. The van der Waals surface area contributed by atoms with E-state index in [1.54, 1.807) is 26.2 Å². The zero-order chi connectivity index (χ0) is 10.6. The van der Waals surface area contributed by atoms with Crippen molar-refractivity contribution >= 4 is 17.5 Å². The summed E-state index contributed by atoms with van der Waals surface area (Å²) in [6, 6.07) is 3.27. The summed E-state index contributed by atoms with van der Waals surface area (Å²) in [6.45, 7) is 0.0102. The Kier molecular flexibility index (Phi) is 3.71. The highest BCUT2D eigenvalue weighted by molar-refractivity contribution is 6.29. The molecule has 0 unspecified atom stereocenters. The fourth-order valence-corrected chi connectivity index (χ4v) is 0.834. The molecule has 76 valence electrons. The number of amides is 1. The van der Waals surface area contributed by atoms with E-state index >= 15 is 0 Å². The number of carbonyl (C=O) groups excluding carboxylic acids is 1. The normalized spacial score (nSPS) is 9.64. The molecule has 1 heterocycles. The molecule has 0 atom stereocenters. The first kappa shape index (κ1) is 10.8. The van der Waals surface area contributed by atoms with Crippen LogP contribution in [0.1, 0.15) is 0 Å². The Labute approximate surface area is 87.4 Å². The third-order valence-electron chi connectivity index (χ3n) is 1.56. The number of hydrogen-bond donors (Lipinski definition) is 0. The molecule has 0 saturated carbocycles. The second-order valence-corrected chi connectivity index (χ2v) is 3.28. The maximum atomic E-state index is 11.1. The van der Waals surface area contributed by atoms with Crippen LogP contribution in [0.3, 0.4) is 0 Å². The Morgan fingerprint density at radius 3 is 2.79 bits per heavy atom. The molecule has 0 N–H and O–H groups in total. The molecule has 5 heteroatoms. The number of rotatable bonds is 3. The van der Waals surface area contributed by atoms with Crippen LogP contribution in [0.5, 0.6) is 5.75 Å². The van der Waals surface area contributed by atoms with Crippen LogP contribution >= 0.6 is 11.6 Å². The molecule has 14 heavy (non-hydrogen) atoms. The number of ether oxygens (including phenoxy) is 1. The lowest BCUT2D eigenvalue weighted by Crippen LogP contribution is -2.27. The lowest BCUT2D eigenvalue weighted by molar-refractivity contribution is -0.130. The van der Waals surface area contributed by atoms with Crippen LogP contribution in [-0.4, -0.2) is 36.5 Å². The van der Waals surface area contributed by atoms with Crippen molar-refractivity contribution in [1.29, 1.82) is 0 Å². The minimum Gasteiger partial charge on any atom is -0.482 e. The fourth-order valence-electron chi connectivity index (χ4n) is 0.722. The number of halogens is 1. The maximum absolute atomic E-state index is 11.1. The first-order valence-electron chi connectivity index (χ1n) is 4.04. The highest BCUT2D eigenvalue weighted by Gasteiger charge is 2.04. The molecule has 0 bridgehead atoms. The van der Waals surface area contributed by atoms with E-state index in [9.17, 15) is 4.79 Å². The quantitative estimate of drug-likeness (QED) is 0.711. The van der Waals surface area contributed by atoms with Crippen LogP contribution in [0.2, 0.25) is 5.15 Å². The summed E-state index contributed by atoms with van der Waals surface area (Å²) in [5.41, 5.74) is 0. The van der Waals surface area contributed by atoms with Crippen molar-refractivity contribution in [3.8, 4) is 5.75 Å². The predicted molar refractivity (Wildman–Crippen MR) is 53.4 cm³/mol. The topological polar surface area (TPSA) is 42.4 Å². The molecule has 1 aromatic heterocycles. The monoisotopic (exact) mass is 214 g/mol. The van der Waals surface area contributed by atoms with Crippen molar-refractivity contribution in [3.05, 3.63) is 23.5 Å². The van der Waals surface area contributed by atoms with E-state index in [-0.39, 0.29) is 12.5 Å². The van der Waals surface area contributed by atoms with Gasteiger partial charge in [0.15, 0.2) is 6.61 Å². The summed E-state index contributed by atoms with van der Waals surface area (Å²) in [5.74, 6) is 0.435. The van der Waals surface area contributed by atoms with Gasteiger partial charge in [-0.15, -0.1) is 0 Å². The third kappa shape index (κ3) is 3.22. The van der Waals surface area contributed by atoms with Gasteiger partial charge in [0, 0.05) is 14.1 Å². The lowest BCUT2D eigenvalue weighted by atomic mass is 10.4. The van der Waals surface area contributed by atoms with Gasteiger partial charge in [-0.25, -0.2) is 4.98 Å². The van der Waals surface area contributed by atoms with E-state index in [0.717, 1.165) is 0 Å². The highest BCUT2D eigenvalue weighted by atomic mass is 35.5. The molecular formula is C9H11ClN2O2. The van der Waals surface area contributed by atoms with Gasteiger partial charge in [-0.3, -0.25) is 4.79 Å². The molecule has 1 amide bonds. The first-order chi connectivity index (χ1) is 6.59. The third-order valence-corrected chi connectivity index (χ3v) is 1.78. The fraction of sp³-hybridized carbons (Fsp3) is 0.333. The summed E-state index contributed by atoms with van der Waals surface area (Å²) in [6.07, 6.45) is 1.48. The van der Waals surface area contributed by atoms with Gasteiger partial charge in [0.25, 0.3) is 5.91 Å². The van der Waals surface area contributed by atoms with Crippen molar-refractivity contribution in [2.75, 3.05) is 20.7 Å². The zero-order valence-electron chi connectivity index (χ0n) is 8.03. The zero-order valence-corrected chi connectivity index (χ0v) is 8.78. The molecular weight excluding hydrogens is 204 g/mol. The number of aromatic nitrogens is 1. The number of likely N-dealkylation sites (N-methyl/N-ethyl adjacent to an activating group) is 1. The van der Waals surface area contributed by atoms with E-state index in [1.165, 1.54) is 11.1 Å². The summed E-state index contributed by atoms with van der Waals surface area (Å²) in [7, 11) is 3.34. The molecule has 0 fully saturated rings. The van der Waals surface area contributed by atoms with Gasteiger partial charge in [0.05, 0.1) is 6.20 Å². The average molecular weight is 215 g/mol. The Morgan fingerprint density at radius 1 is 1.57 bits per heavy atom. The average Bonchev–Trinajstić information content (AvgIpc) is 2.16. The van der Waals surface area contributed by atoms with Gasteiger partial charge < -0.3 is 9.64 Å². The molecule has 0 radical (unpaired) electrons. The van der Waals surface area contributed by atoms with Gasteiger partial charge in [-0.05, 0) is 12.1 Å². The second kappa shape index (κ2) is 4.81. The van der Waals surface area contributed by atoms with Crippen molar-refractivity contribution in [2.45, 2.75) is 0 Å². The molecule has 1 aromatic rings. The molecule has 4 nitrogen and oxygen atoms in total. The maximum Gasteiger partial charge on any atom is 0.259 e. The molecule has 0 aliphatic carbocycles.